The lowest BCUT2D eigenvalue weighted by molar-refractivity contribution is 0.0951. The van der Waals surface area contributed by atoms with Crippen LogP contribution in [0.15, 0.2) is 48.7 Å². The number of hydrogen-bond donors (Lipinski definition) is 3. The fraction of sp³-hybridized carbons (Fsp3) is 0.238. The number of aryl methyl sites for hydroxylation is 2. The third kappa shape index (κ3) is 5.65. The van der Waals surface area contributed by atoms with Crippen molar-refractivity contribution in [2.75, 3.05) is 30.8 Å². The van der Waals surface area contributed by atoms with Crippen molar-refractivity contribution in [1.82, 2.24) is 20.3 Å². The molecule has 2 heterocycles. The van der Waals surface area contributed by atoms with E-state index in [0.717, 1.165) is 11.4 Å². The maximum atomic E-state index is 12.3. The quantitative estimate of drug-likeness (QED) is 0.506. The maximum Gasteiger partial charge on any atom is 0.256 e. The van der Waals surface area contributed by atoms with Gasteiger partial charge in [-0.3, -0.25) is 4.79 Å². The molecular formula is C21H24N6O2. The van der Waals surface area contributed by atoms with Gasteiger partial charge in [-0.1, -0.05) is 17.7 Å². The SMILES string of the molecule is COc1ncccc1C(=O)NCCNc1nc(C)cc(Nc2ccc(C)cc2)n1. The largest absolute Gasteiger partial charge is 0.480 e. The number of carbonyl (C=O) groups is 1. The Morgan fingerprint density at radius 2 is 1.86 bits per heavy atom. The van der Waals surface area contributed by atoms with E-state index >= 15 is 0 Å². The van der Waals surface area contributed by atoms with Crippen molar-refractivity contribution in [1.29, 1.82) is 0 Å². The predicted octanol–water partition coefficient (Wildman–Crippen LogP) is 3.08. The van der Waals surface area contributed by atoms with Gasteiger partial charge in [-0.25, -0.2) is 9.97 Å². The van der Waals surface area contributed by atoms with Gasteiger partial charge in [-0.2, -0.15) is 4.98 Å². The number of methoxy groups -OCH3 is 1. The molecule has 29 heavy (non-hydrogen) atoms. The molecule has 1 aromatic carbocycles. The molecule has 0 aliphatic rings. The molecule has 8 nitrogen and oxygen atoms in total. The second-order valence-electron chi connectivity index (χ2n) is 6.45. The molecule has 3 N–H and O–H groups in total. The predicted molar refractivity (Wildman–Crippen MR) is 113 cm³/mol. The van der Waals surface area contributed by atoms with Gasteiger partial charge in [0.1, 0.15) is 11.4 Å². The Kier molecular flexibility index (Phi) is 6.57. The Morgan fingerprint density at radius 3 is 2.62 bits per heavy atom. The molecule has 0 spiro atoms. The Labute approximate surface area is 169 Å². The van der Waals surface area contributed by atoms with Gasteiger partial charge in [0.15, 0.2) is 0 Å². The standard InChI is InChI=1S/C21H24N6O2/c1-14-6-8-16(9-7-14)26-18-13-15(2)25-21(27-18)24-12-11-22-19(28)17-5-4-10-23-20(17)29-3/h4-10,13H,11-12H2,1-3H3,(H,22,28)(H2,24,25,26,27). The fourth-order valence-corrected chi connectivity index (χ4v) is 2.67. The molecule has 0 saturated heterocycles. The summed E-state index contributed by atoms with van der Waals surface area (Å²) in [5, 5.41) is 9.23. The van der Waals surface area contributed by atoms with E-state index in [1.807, 2.05) is 44.2 Å². The molecule has 0 atom stereocenters. The van der Waals surface area contributed by atoms with Crippen LogP contribution in [0.4, 0.5) is 17.5 Å². The molecule has 0 aliphatic carbocycles. The van der Waals surface area contributed by atoms with Gasteiger partial charge < -0.3 is 20.7 Å². The number of nitrogens with one attached hydrogen (secondary N) is 3. The molecule has 1 amide bonds. The molecule has 0 bridgehead atoms. The van der Waals surface area contributed by atoms with Crippen LogP contribution in [-0.4, -0.2) is 41.1 Å². The van der Waals surface area contributed by atoms with Crippen LogP contribution in [0, 0.1) is 13.8 Å². The molecule has 3 aromatic rings. The lowest BCUT2D eigenvalue weighted by Crippen LogP contribution is -2.29. The first-order valence-corrected chi connectivity index (χ1v) is 9.25. The Morgan fingerprint density at radius 1 is 1.07 bits per heavy atom. The first kappa shape index (κ1) is 20.1. The summed E-state index contributed by atoms with van der Waals surface area (Å²) in [4.78, 5) is 25.2. The fourth-order valence-electron chi connectivity index (χ4n) is 2.67. The zero-order chi connectivity index (χ0) is 20.6. The number of anilines is 3. The van der Waals surface area contributed by atoms with Gasteiger partial charge in [0.05, 0.1) is 7.11 Å². The van der Waals surface area contributed by atoms with E-state index < -0.39 is 0 Å². The molecule has 0 fully saturated rings. The molecule has 0 radical (unpaired) electrons. The van der Waals surface area contributed by atoms with E-state index in [0.29, 0.717) is 36.3 Å². The third-order valence-electron chi connectivity index (χ3n) is 4.08. The summed E-state index contributed by atoms with van der Waals surface area (Å²) in [6.07, 6.45) is 1.58. The van der Waals surface area contributed by atoms with Crippen molar-refractivity contribution in [2.45, 2.75) is 13.8 Å². The summed E-state index contributed by atoms with van der Waals surface area (Å²) in [5.41, 5.74) is 3.38. The Balaban J connectivity index is 1.54. The smallest absolute Gasteiger partial charge is 0.256 e. The molecule has 3 rings (SSSR count). The van der Waals surface area contributed by atoms with Gasteiger partial charge in [-0.15, -0.1) is 0 Å². The van der Waals surface area contributed by atoms with Crippen LogP contribution >= 0.6 is 0 Å². The number of pyridine rings is 1. The maximum absolute atomic E-state index is 12.3. The summed E-state index contributed by atoms with van der Waals surface area (Å²) in [5.74, 6) is 1.25. The molecule has 8 heteroatoms. The number of benzene rings is 1. The van der Waals surface area contributed by atoms with Gasteiger partial charge in [-0.05, 0) is 38.1 Å². The van der Waals surface area contributed by atoms with Crippen molar-refractivity contribution in [3.8, 4) is 5.88 Å². The first-order chi connectivity index (χ1) is 14.0. The highest BCUT2D eigenvalue weighted by molar-refractivity contribution is 5.96. The monoisotopic (exact) mass is 392 g/mol. The van der Waals surface area contributed by atoms with Crippen LogP contribution in [0.25, 0.3) is 0 Å². The van der Waals surface area contributed by atoms with E-state index in [9.17, 15) is 4.79 Å². The number of amides is 1. The third-order valence-corrected chi connectivity index (χ3v) is 4.08. The van der Waals surface area contributed by atoms with Crippen LogP contribution in [0.3, 0.4) is 0 Å². The number of hydrogen-bond acceptors (Lipinski definition) is 7. The number of ether oxygens (including phenoxy) is 1. The van der Waals surface area contributed by atoms with Gasteiger partial charge in [0, 0.05) is 36.7 Å². The zero-order valence-electron chi connectivity index (χ0n) is 16.7. The first-order valence-electron chi connectivity index (χ1n) is 9.25. The molecule has 0 unspecified atom stereocenters. The van der Waals surface area contributed by atoms with Crippen molar-refractivity contribution in [3.63, 3.8) is 0 Å². The van der Waals surface area contributed by atoms with Crippen LogP contribution in [0.2, 0.25) is 0 Å². The normalized spacial score (nSPS) is 10.3. The zero-order valence-corrected chi connectivity index (χ0v) is 16.7. The summed E-state index contributed by atoms with van der Waals surface area (Å²) in [6, 6.07) is 13.3. The minimum Gasteiger partial charge on any atom is -0.480 e. The molecule has 2 aromatic heterocycles. The summed E-state index contributed by atoms with van der Waals surface area (Å²) >= 11 is 0. The lowest BCUT2D eigenvalue weighted by atomic mass is 10.2. The second-order valence-corrected chi connectivity index (χ2v) is 6.45. The molecule has 150 valence electrons. The summed E-state index contributed by atoms with van der Waals surface area (Å²) in [7, 11) is 1.48. The van der Waals surface area contributed by atoms with E-state index in [1.165, 1.54) is 12.7 Å². The van der Waals surface area contributed by atoms with Gasteiger partial charge in [0.2, 0.25) is 11.8 Å². The highest BCUT2D eigenvalue weighted by Crippen LogP contribution is 2.17. The van der Waals surface area contributed by atoms with Crippen LogP contribution in [-0.2, 0) is 0 Å². The van der Waals surface area contributed by atoms with Crippen molar-refractivity contribution in [2.24, 2.45) is 0 Å². The summed E-state index contributed by atoms with van der Waals surface area (Å²) < 4.78 is 5.11. The second kappa shape index (κ2) is 9.50. The van der Waals surface area contributed by atoms with E-state index in [4.69, 9.17) is 4.74 Å². The summed E-state index contributed by atoms with van der Waals surface area (Å²) in [6.45, 7) is 4.82. The van der Waals surface area contributed by atoms with Crippen LogP contribution in [0.1, 0.15) is 21.6 Å². The van der Waals surface area contributed by atoms with Crippen molar-refractivity contribution in [3.05, 3.63) is 65.5 Å². The highest BCUT2D eigenvalue weighted by atomic mass is 16.5. The highest BCUT2D eigenvalue weighted by Gasteiger charge is 2.12. The van der Waals surface area contributed by atoms with Crippen molar-refractivity contribution < 1.29 is 9.53 Å². The van der Waals surface area contributed by atoms with Crippen LogP contribution in [0.5, 0.6) is 5.88 Å². The van der Waals surface area contributed by atoms with Gasteiger partial charge >= 0.3 is 0 Å². The van der Waals surface area contributed by atoms with Crippen molar-refractivity contribution >= 4 is 23.4 Å². The minimum atomic E-state index is -0.247. The lowest BCUT2D eigenvalue weighted by Gasteiger charge is -2.11. The van der Waals surface area contributed by atoms with E-state index in [-0.39, 0.29) is 5.91 Å². The minimum absolute atomic E-state index is 0.247. The van der Waals surface area contributed by atoms with Crippen LogP contribution < -0.4 is 20.7 Å². The molecule has 0 aliphatic heterocycles. The average molecular weight is 392 g/mol. The van der Waals surface area contributed by atoms with E-state index in [1.54, 1.807) is 18.3 Å². The Bertz CT molecular complexity index is 975. The molecule has 0 saturated carbocycles. The van der Waals surface area contributed by atoms with E-state index in [2.05, 4.69) is 30.9 Å². The number of carbonyl (C=O) groups excluding carboxylic acids is 1. The van der Waals surface area contributed by atoms with Gasteiger partial charge in [0.25, 0.3) is 5.91 Å². The topological polar surface area (TPSA) is 101 Å². The number of nitrogens with zero attached hydrogens (tertiary/aromatic N) is 3. The average Bonchev–Trinajstić information content (AvgIpc) is 2.72. The molecular weight excluding hydrogens is 368 g/mol. The number of aromatic nitrogens is 3. The Hall–Kier alpha value is -3.68. The number of rotatable bonds is 8.